The third-order valence-electron chi connectivity index (χ3n) is 4.97. The molecule has 0 unspecified atom stereocenters. The van der Waals surface area contributed by atoms with Crippen molar-refractivity contribution in [2.24, 2.45) is 0 Å². The summed E-state index contributed by atoms with van der Waals surface area (Å²) in [5.41, 5.74) is 3.18. The molecule has 0 radical (unpaired) electrons. The van der Waals surface area contributed by atoms with Gasteiger partial charge in [-0.2, -0.15) is 0 Å². The quantitative estimate of drug-likeness (QED) is 0.530. The molecule has 0 saturated carbocycles. The summed E-state index contributed by atoms with van der Waals surface area (Å²) in [6.07, 6.45) is 1.60. The second-order valence-electron chi connectivity index (χ2n) is 7.06. The van der Waals surface area contributed by atoms with Gasteiger partial charge in [0.25, 0.3) is 5.91 Å². The van der Waals surface area contributed by atoms with E-state index in [9.17, 15) is 9.59 Å². The number of rotatable bonds is 5. The number of pyridine rings is 2. The number of aryl methyl sites for hydroxylation is 3. The van der Waals surface area contributed by atoms with Crippen LogP contribution in [-0.2, 0) is 13.1 Å². The number of nitrogens with zero attached hydrogens (tertiary/aromatic N) is 3. The summed E-state index contributed by atoms with van der Waals surface area (Å²) in [6.45, 7) is 6.71. The summed E-state index contributed by atoms with van der Waals surface area (Å²) in [7, 11) is 0. The summed E-state index contributed by atoms with van der Waals surface area (Å²) in [4.78, 5) is 35.8. The Kier molecular flexibility index (Phi) is 5.46. The molecule has 1 aromatic carbocycles. The van der Waals surface area contributed by atoms with Gasteiger partial charge in [-0.3, -0.25) is 9.59 Å². The van der Waals surface area contributed by atoms with E-state index in [1.54, 1.807) is 29.7 Å². The van der Waals surface area contributed by atoms with Crippen molar-refractivity contribution < 1.29 is 4.79 Å². The van der Waals surface area contributed by atoms with E-state index in [0.29, 0.717) is 24.1 Å². The predicted octanol–water partition coefficient (Wildman–Crippen LogP) is 4.09. The minimum Gasteiger partial charge on any atom is -0.347 e. The van der Waals surface area contributed by atoms with Crippen molar-refractivity contribution in [1.82, 2.24) is 19.9 Å². The molecule has 0 aliphatic heterocycles. The number of carbonyl (C=O) groups excluding carboxylic acids is 1. The SMILES string of the molecule is CCn1cc(C(=O)NCc2sc(-c3ccccc3)nc2C)c(=O)c2ccc(C)nc21. The summed E-state index contributed by atoms with van der Waals surface area (Å²) in [6, 6.07) is 13.5. The van der Waals surface area contributed by atoms with Gasteiger partial charge in [-0.25, -0.2) is 9.97 Å². The van der Waals surface area contributed by atoms with Crippen LogP contribution in [0.15, 0.2) is 53.5 Å². The van der Waals surface area contributed by atoms with E-state index >= 15 is 0 Å². The number of amides is 1. The van der Waals surface area contributed by atoms with Gasteiger partial charge in [-0.15, -0.1) is 11.3 Å². The first-order valence-electron chi connectivity index (χ1n) is 9.78. The molecule has 4 aromatic rings. The normalized spacial score (nSPS) is 11.0. The van der Waals surface area contributed by atoms with Gasteiger partial charge in [0.15, 0.2) is 0 Å². The highest BCUT2D eigenvalue weighted by Gasteiger charge is 2.17. The maximum Gasteiger partial charge on any atom is 0.257 e. The van der Waals surface area contributed by atoms with E-state index in [1.807, 2.05) is 55.7 Å². The molecule has 7 heteroatoms. The molecule has 0 spiro atoms. The Morgan fingerprint density at radius 2 is 1.87 bits per heavy atom. The van der Waals surface area contributed by atoms with Crippen LogP contribution in [0, 0.1) is 13.8 Å². The second-order valence-corrected chi connectivity index (χ2v) is 8.14. The van der Waals surface area contributed by atoms with Gasteiger partial charge in [-0.1, -0.05) is 30.3 Å². The second kappa shape index (κ2) is 8.20. The first kappa shape index (κ1) is 20.0. The molecule has 3 aromatic heterocycles. The van der Waals surface area contributed by atoms with Crippen molar-refractivity contribution >= 4 is 28.3 Å². The molecule has 1 N–H and O–H groups in total. The summed E-state index contributed by atoms with van der Waals surface area (Å²) in [5, 5.41) is 4.26. The van der Waals surface area contributed by atoms with Gasteiger partial charge >= 0.3 is 0 Å². The van der Waals surface area contributed by atoms with Crippen molar-refractivity contribution in [3.8, 4) is 10.6 Å². The van der Waals surface area contributed by atoms with Gasteiger partial charge < -0.3 is 9.88 Å². The molecule has 0 saturated heterocycles. The minimum atomic E-state index is -0.390. The number of thiazole rings is 1. The number of hydrogen-bond acceptors (Lipinski definition) is 5. The monoisotopic (exact) mass is 418 g/mol. The molecule has 0 fully saturated rings. The largest absolute Gasteiger partial charge is 0.347 e. The van der Waals surface area contributed by atoms with Crippen LogP contribution in [0.1, 0.15) is 33.5 Å². The Morgan fingerprint density at radius 1 is 1.10 bits per heavy atom. The van der Waals surface area contributed by atoms with Gasteiger partial charge in [0.2, 0.25) is 5.43 Å². The maximum atomic E-state index is 12.9. The molecule has 30 heavy (non-hydrogen) atoms. The van der Waals surface area contributed by atoms with E-state index in [-0.39, 0.29) is 11.0 Å². The van der Waals surface area contributed by atoms with Crippen LogP contribution in [0.3, 0.4) is 0 Å². The Hall–Kier alpha value is -3.32. The highest BCUT2D eigenvalue weighted by Crippen LogP contribution is 2.27. The molecular weight excluding hydrogens is 396 g/mol. The summed E-state index contributed by atoms with van der Waals surface area (Å²) < 4.78 is 1.84. The third-order valence-corrected chi connectivity index (χ3v) is 6.18. The van der Waals surface area contributed by atoms with Crippen molar-refractivity contribution in [3.63, 3.8) is 0 Å². The first-order chi connectivity index (χ1) is 14.5. The van der Waals surface area contributed by atoms with Crippen LogP contribution in [0.5, 0.6) is 0 Å². The van der Waals surface area contributed by atoms with Gasteiger partial charge in [0, 0.05) is 28.9 Å². The molecule has 6 nitrogen and oxygen atoms in total. The first-order valence-corrected chi connectivity index (χ1v) is 10.6. The summed E-state index contributed by atoms with van der Waals surface area (Å²) in [5.74, 6) is -0.390. The Morgan fingerprint density at radius 3 is 2.60 bits per heavy atom. The van der Waals surface area contributed by atoms with Crippen LogP contribution in [0.4, 0.5) is 0 Å². The molecule has 0 atom stereocenters. The Labute approximate surface area is 178 Å². The molecule has 3 heterocycles. The van der Waals surface area contributed by atoms with Gasteiger partial charge in [0.05, 0.1) is 17.6 Å². The molecule has 0 aliphatic rings. The zero-order chi connectivity index (χ0) is 21.3. The third kappa shape index (κ3) is 3.76. The van der Waals surface area contributed by atoms with E-state index < -0.39 is 5.91 Å². The van der Waals surface area contributed by atoms with Crippen LogP contribution in [-0.4, -0.2) is 20.4 Å². The van der Waals surface area contributed by atoms with Crippen molar-refractivity contribution in [2.45, 2.75) is 33.9 Å². The standard InChI is InChI=1S/C23H22N4O2S/c1-4-27-13-18(20(28)17-11-10-14(2)25-21(17)27)22(29)24-12-19-15(3)26-23(30-19)16-8-6-5-7-9-16/h5-11,13H,4,12H2,1-3H3,(H,24,29). The van der Waals surface area contributed by atoms with E-state index in [0.717, 1.165) is 26.8 Å². The molecule has 4 rings (SSSR count). The van der Waals surface area contributed by atoms with Gasteiger partial charge in [0.1, 0.15) is 16.2 Å². The lowest BCUT2D eigenvalue weighted by Gasteiger charge is -2.11. The number of aromatic nitrogens is 3. The lowest BCUT2D eigenvalue weighted by atomic mass is 10.1. The van der Waals surface area contributed by atoms with Crippen molar-refractivity contribution in [2.75, 3.05) is 0 Å². The van der Waals surface area contributed by atoms with Crippen molar-refractivity contribution in [1.29, 1.82) is 0 Å². The molecule has 0 bridgehead atoms. The van der Waals surface area contributed by atoms with E-state index in [4.69, 9.17) is 0 Å². The maximum absolute atomic E-state index is 12.9. The highest BCUT2D eigenvalue weighted by molar-refractivity contribution is 7.15. The van der Waals surface area contributed by atoms with E-state index in [2.05, 4.69) is 15.3 Å². The fourth-order valence-corrected chi connectivity index (χ4v) is 4.32. The number of fused-ring (bicyclic) bond motifs is 1. The molecular formula is C23H22N4O2S. The predicted molar refractivity (Wildman–Crippen MR) is 120 cm³/mol. The van der Waals surface area contributed by atoms with Crippen LogP contribution in [0.25, 0.3) is 21.6 Å². The fourth-order valence-electron chi connectivity index (χ4n) is 3.31. The van der Waals surface area contributed by atoms with Crippen LogP contribution in [0.2, 0.25) is 0 Å². The van der Waals surface area contributed by atoms with Crippen molar-refractivity contribution in [3.05, 3.63) is 80.7 Å². The Balaban J connectivity index is 1.60. The molecule has 1 amide bonds. The lowest BCUT2D eigenvalue weighted by molar-refractivity contribution is 0.0949. The number of hydrogen-bond donors (Lipinski definition) is 1. The zero-order valence-corrected chi connectivity index (χ0v) is 17.9. The molecule has 152 valence electrons. The number of benzene rings is 1. The van der Waals surface area contributed by atoms with Crippen LogP contribution >= 0.6 is 11.3 Å². The van der Waals surface area contributed by atoms with Crippen LogP contribution < -0.4 is 10.7 Å². The average molecular weight is 419 g/mol. The van der Waals surface area contributed by atoms with E-state index in [1.165, 1.54) is 0 Å². The smallest absolute Gasteiger partial charge is 0.257 e. The number of carbonyl (C=O) groups is 1. The molecule has 0 aliphatic carbocycles. The number of nitrogens with one attached hydrogen (secondary N) is 1. The average Bonchev–Trinajstić information content (AvgIpc) is 3.13. The lowest BCUT2D eigenvalue weighted by Crippen LogP contribution is -2.29. The summed E-state index contributed by atoms with van der Waals surface area (Å²) >= 11 is 1.55. The Bertz CT molecular complexity index is 1290. The van der Waals surface area contributed by atoms with Gasteiger partial charge in [-0.05, 0) is 32.9 Å². The topological polar surface area (TPSA) is 76.9 Å². The zero-order valence-electron chi connectivity index (χ0n) is 17.1. The minimum absolute atomic E-state index is 0.125. The fraction of sp³-hybridized carbons (Fsp3) is 0.217. The highest BCUT2D eigenvalue weighted by atomic mass is 32.1.